The van der Waals surface area contributed by atoms with Gasteiger partial charge in [0.15, 0.2) is 5.76 Å². The lowest BCUT2D eigenvalue weighted by atomic mass is 10.2. The zero-order chi connectivity index (χ0) is 18.7. The summed E-state index contributed by atoms with van der Waals surface area (Å²) in [4.78, 5) is 12.2. The molecule has 1 heterocycles. The van der Waals surface area contributed by atoms with Gasteiger partial charge in [0.25, 0.3) is 15.9 Å². The molecule has 1 amide bonds. The van der Waals surface area contributed by atoms with Crippen molar-refractivity contribution >= 4 is 38.9 Å². The molecule has 0 atom stereocenters. The van der Waals surface area contributed by atoms with Crippen molar-refractivity contribution in [3.8, 4) is 0 Å². The summed E-state index contributed by atoms with van der Waals surface area (Å²) in [5.41, 5.74) is 1.49. The van der Waals surface area contributed by atoms with E-state index in [0.29, 0.717) is 0 Å². The van der Waals surface area contributed by atoms with Crippen molar-refractivity contribution in [1.82, 2.24) is 0 Å². The molecule has 134 valence electrons. The van der Waals surface area contributed by atoms with Crippen LogP contribution in [0.4, 0.5) is 11.4 Å². The van der Waals surface area contributed by atoms with Gasteiger partial charge in [-0.05, 0) is 49.4 Å². The minimum atomic E-state index is -3.76. The average molecular weight is 391 g/mol. The minimum Gasteiger partial charge on any atom is -0.459 e. The van der Waals surface area contributed by atoms with Crippen LogP contribution in [0.5, 0.6) is 0 Å². The summed E-state index contributed by atoms with van der Waals surface area (Å²) < 4.78 is 32.4. The van der Waals surface area contributed by atoms with Crippen LogP contribution in [0, 0.1) is 6.92 Å². The van der Waals surface area contributed by atoms with Crippen LogP contribution < -0.4 is 10.0 Å². The van der Waals surface area contributed by atoms with Gasteiger partial charge in [-0.1, -0.05) is 29.3 Å². The second kappa shape index (κ2) is 7.23. The van der Waals surface area contributed by atoms with Gasteiger partial charge in [0.05, 0.1) is 27.6 Å². The highest BCUT2D eigenvalue weighted by Crippen LogP contribution is 2.27. The second-order valence-electron chi connectivity index (χ2n) is 5.54. The van der Waals surface area contributed by atoms with Crippen molar-refractivity contribution in [2.75, 3.05) is 10.0 Å². The Hall–Kier alpha value is -2.77. The van der Waals surface area contributed by atoms with E-state index >= 15 is 0 Å². The highest BCUT2D eigenvalue weighted by Gasteiger charge is 2.16. The van der Waals surface area contributed by atoms with E-state index in [9.17, 15) is 13.2 Å². The number of hydrogen-bond acceptors (Lipinski definition) is 4. The third-order valence-corrected chi connectivity index (χ3v) is 5.27. The Labute approximate surface area is 155 Å². The third-order valence-electron chi connectivity index (χ3n) is 3.54. The number of sulfonamides is 1. The fourth-order valence-electron chi connectivity index (χ4n) is 2.21. The van der Waals surface area contributed by atoms with Gasteiger partial charge in [0, 0.05) is 0 Å². The molecular weight excluding hydrogens is 376 g/mol. The number of furan rings is 1. The largest absolute Gasteiger partial charge is 0.459 e. The van der Waals surface area contributed by atoms with Crippen molar-refractivity contribution in [1.29, 1.82) is 0 Å². The van der Waals surface area contributed by atoms with Gasteiger partial charge in [0.1, 0.15) is 0 Å². The molecule has 0 spiro atoms. The van der Waals surface area contributed by atoms with Gasteiger partial charge in [-0.25, -0.2) is 8.42 Å². The molecule has 0 unspecified atom stereocenters. The molecule has 0 saturated heterocycles. The third kappa shape index (κ3) is 4.07. The van der Waals surface area contributed by atoms with Crippen LogP contribution in [-0.4, -0.2) is 14.3 Å². The van der Waals surface area contributed by atoms with Crippen molar-refractivity contribution in [3.63, 3.8) is 0 Å². The topological polar surface area (TPSA) is 88.4 Å². The van der Waals surface area contributed by atoms with E-state index in [0.717, 1.165) is 5.56 Å². The smallest absolute Gasteiger partial charge is 0.291 e. The van der Waals surface area contributed by atoms with Gasteiger partial charge < -0.3 is 9.73 Å². The molecule has 26 heavy (non-hydrogen) atoms. The number of halogens is 1. The predicted octanol–water partition coefficient (Wildman–Crippen LogP) is 4.29. The average Bonchev–Trinajstić information content (AvgIpc) is 3.13. The molecule has 0 aliphatic carbocycles. The first-order valence-corrected chi connectivity index (χ1v) is 9.45. The Morgan fingerprint density at radius 1 is 1.08 bits per heavy atom. The minimum absolute atomic E-state index is 0.117. The molecule has 3 rings (SSSR count). The van der Waals surface area contributed by atoms with E-state index in [1.54, 1.807) is 18.2 Å². The number of carbonyl (C=O) groups excluding carboxylic acids is 1. The molecule has 0 fully saturated rings. The van der Waals surface area contributed by atoms with E-state index in [1.165, 1.54) is 42.7 Å². The first-order chi connectivity index (χ1) is 12.3. The quantitative estimate of drug-likeness (QED) is 0.680. The Bertz CT molecular complexity index is 1030. The van der Waals surface area contributed by atoms with Crippen molar-refractivity contribution in [2.45, 2.75) is 11.8 Å². The first kappa shape index (κ1) is 18.0. The van der Waals surface area contributed by atoms with Crippen LogP contribution in [0.25, 0.3) is 0 Å². The SMILES string of the molecule is Cc1ccc(S(=O)(=O)Nc2ccc(Cl)c(NC(=O)c3ccco3)c2)cc1. The summed E-state index contributed by atoms with van der Waals surface area (Å²) in [7, 11) is -3.76. The fraction of sp³-hybridized carbons (Fsp3) is 0.0556. The molecule has 0 aliphatic rings. The number of benzene rings is 2. The molecule has 0 saturated carbocycles. The predicted molar refractivity (Wildman–Crippen MR) is 100 cm³/mol. The van der Waals surface area contributed by atoms with Gasteiger partial charge in [-0.2, -0.15) is 0 Å². The maximum Gasteiger partial charge on any atom is 0.291 e. The van der Waals surface area contributed by atoms with Crippen LogP contribution in [-0.2, 0) is 10.0 Å². The maximum absolute atomic E-state index is 12.5. The molecule has 1 aromatic heterocycles. The van der Waals surface area contributed by atoms with Crippen LogP contribution in [0.3, 0.4) is 0 Å². The number of amides is 1. The zero-order valence-corrected chi connectivity index (χ0v) is 15.3. The van der Waals surface area contributed by atoms with Gasteiger partial charge in [-0.3, -0.25) is 9.52 Å². The molecule has 0 bridgehead atoms. The lowest BCUT2D eigenvalue weighted by Gasteiger charge is -2.11. The van der Waals surface area contributed by atoms with E-state index in [4.69, 9.17) is 16.0 Å². The fourth-order valence-corrected chi connectivity index (χ4v) is 3.42. The molecule has 2 N–H and O–H groups in total. The second-order valence-corrected chi connectivity index (χ2v) is 7.63. The summed E-state index contributed by atoms with van der Waals surface area (Å²) in [6, 6.07) is 14.0. The van der Waals surface area contributed by atoms with Crippen LogP contribution in [0.1, 0.15) is 16.1 Å². The van der Waals surface area contributed by atoms with Crippen LogP contribution in [0.2, 0.25) is 5.02 Å². The summed E-state index contributed by atoms with van der Waals surface area (Å²) in [6.45, 7) is 1.87. The number of carbonyl (C=O) groups is 1. The van der Waals surface area contributed by atoms with E-state index in [2.05, 4.69) is 10.0 Å². The maximum atomic E-state index is 12.5. The zero-order valence-electron chi connectivity index (χ0n) is 13.7. The lowest BCUT2D eigenvalue weighted by molar-refractivity contribution is 0.0996. The van der Waals surface area contributed by atoms with E-state index in [-0.39, 0.29) is 27.1 Å². The standard InChI is InChI=1S/C18H15ClN2O4S/c1-12-4-7-14(8-5-12)26(23,24)21-13-6-9-15(19)16(11-13)20-18(22)17-3-2-10-25-17/h2-11,21H,1H3,(H,20,22). The van der Waals surface area contributed by atoms with Crippen LogP contribution in [0.15, 0.2) is 70.2 Å². The van der Waals surface area contributed by atoms with Gasteiger partial charge >= 0.3 is 0 Å². The molecule has 6 nitrogen and oxygen atoms in total. The monoisotopic (exact) mass is 390 g/mol. The normalized spacial score (nSPS) is 11.2. The molecule has 3 aromatic rings. The molecule has 8 heteroatoms. The highest BCUT2D eigenvalue weighted by atomic mass is 35.5. The van der Waals surface area contributed by atoms with Crippen molar-refractivity contribution in [2.24, 2.45) is 0 Å². The number of rotatable bonds is 5. The Morgan fingerprint density at radius 2 is 1.81 bits per heavy atom. The molecular formula is C18H15ClN2O4S. The Morgan fingerprint density at radius 3 is 2.46 bits per heavy atom. The first-order valence-electron chi connectivity index (χ1n) is 7.59. The van der Waals surface area contributed by atoms with Gasteiger partial charge in [-0.15, -0.1) is 0 Å². The highest BCUT2D eigenvalue weighted by molar-refractivity contribution is 7.92. The number of aryl methyl sites for hydroxylation is 1. The number of nitrogens with one attached hydrogen (secondary N) is 2. The lowest BCUT2D eigenvalue weighted by Crippen LogP contribution is -2.14. The number of anilines is 2. The summed E-state index contributed by atoms with van der Waals surface area (Å²) in [6.07, 6.45) is 1.38. The molecule has 0 radical (unpaired) electrons. The van der Waals surface area contributed by atoms with Crippen LogP contribution >= 0.6 is 11.6 Å². The van der Waals surface area contributed by atoms with E-state index < -0.39 is 15.9 Å². The Balaban J connectivity index is 1.83. The van der Waals surface area contributed by atoms with Gasteiger partial charge in [0.2, 0.25) is 0 Å². The van der Waals surface area contributed by atoms with Crippen molar-refractivity contribution in [3.05, 3.63) is 77.2 Å². The summed E-state index contributed by atoms with van der Waals surface area (Å²) in [5.74, 6) is -0.373. The summed E-state index contributed by atoms with van der Waals surface area (Å²) >= 11 is 6.08. The number of hydrogen-bond donors (Lipinski definition) is 2. The van der Waals surface area contributed by atoms with E-state index in [1.807, 2.05) is 6.92 Å². The summed E-state index contributed by atoms with van der Waals surface area (Å²) in [5, 5.41) is 2.85. The Kier molecular flexibility index (Phi) is 5.01. The van der Waals surface area contributed by atoms with Crippen molar-refractivity contribution < 1.29 is 17.6 Å². The molecule has 0 aliphatic heterocycles. The molecule has 2 aromatic carbocycles.